The van der Waals surface area contributed by atoms with Crippen LogP contribution in [0.25, 0.3) is 0 Å². The Hall–Kier alpha value is -1.97. The van der Waals surface area contributed by atoms with Crippen LogP contribution in [0.4, 0.5) is 17.1 Å². The predicted octanol–water partition coefficient (Wildman–Crippen LogP) is 5.19. The second-order valence-corrected chi connectivity index (χ2v) is 9.76. The Kier molecular flexibility index (Phi) is 11.0. The molecule has 0 unspecified atom stereocenters. The van der Waals surface area contributed by atoms with E-state index in [0.29, 0.717) is 11.6 Å². The van der Waals surface area contributed by atoms with Crippen LogP contribution in [0.15, 0.2) is 66.7 Å². The molecule has 0 aliphatic heterocycles. The van der Waals surface area contributed by atoms with Gasteiger partial charge in [-0.1, -0.05) is 24.8 Å². The van der Waals surface area contributed by atoms with E-state index in [2.05, 4.69) is 28.9 Å². The number of amides is 1. The average Bonchev–Trinajstić information content (AvgIpc) is 2.76. The Labute approximate surface area is 191 Å². The van der Waals surface area contributed by atoms with Crippen LogP contribution in [-0.4, -0.2) is 42.6 Å². The molecule has 0 aromatic heterocycles. The van der Waals surface area contributed by atoms with Crippen molar-refractivity contribution in [3.05, 3.63) is 66.7 Å². The summed E-state index contributed by atoms with van der Waals surface area (Å²) in [7, 11) is 2.29. The van der Waals surface area contributed by atoms with Gasteiger partial charge in [0.25, 0.3) is 5.91 Å². The largest absolute Gasteiger partial charge is 0.500 e. The molecular weight excluding hydrogens is 464 g/mol. The molecular formula is C22H31BrN2O4Si. The lowest BCUT2D eigenvalue weighted by Gasteiger charge is -2.28. The van der Waals surface area contributed by atoms with Crippen LogP contribution in [0.2, 0.25) is 6.04 Å². The van der Waals surface area contributed by atoms with E-state index in [1.165, 1.54) is 0 Å². The monoisotopic (exact) mass is 494 g/mol. The first kappa shape index (κ1) is 26.1. The van der Waals surface area contributed by atoms with E-state index in [4.69, 9.17) is 13.3 Å². The molecule has 8 heteroatoms. The highest BCUT2D eigenvalue weighted by Gasteiger charge is 2.37. The van der Waals surface area contributed by atoms with Crippen molar-refractivity contribution in [2.24, 2.45) is 0 Å². The van der Waals surface area contributed by atoms with Crippen molar-refractivity contribution in [1.82, 2.24) is 0 Å². The van der Waals surface area contributed by atoms with Crippen molar-refractivity contribution >= 4 is 48.8 Å². The highest BCUT2D eigenvalue weighted by molar-refractivity contribution is 8.93. The topological polar surface area (TPSA) is 60.0 Å². The molecule has 0 radical (unpaired) electrons. The van der Waals surface area contributed by atoms with Crippen molar-refractivity contribution < 1.29 is 18.1 Å². The zero-order chi connectivity index (χ0) is 21.3. The van der Waals surface area contributed by atoms with Gasteiger partial charge in [-0.3, -0.25) is 4.79 Å². The van der Waals surface area contributed by atoms with Crippen molar-refractivity contribution in [1.29, 1.82) is 0 Å². The Balaban J connectivity index is 0.00000450. The van der Waals surface area contributed by atoms with E-state index in [9.17, 15) is 4.79 Å². The van der Waals surface area contributed by atoms with E-state index in [0.717, 1.165) is 30.0 Å². The number of anilines is 3. The first-order valence-corrected chi connectivity index (χ1v) is 11.4. The molecule has 2 aromatic rings. The molecule has 0 heterocycles. The quantitative estimate of drug-likeness (QED) is 0.344. The molecule has 30 heavy (non-hydrogen) atoms. The number of rotatable bonds is 11. The van der Waals surface area contributed by atoms with E-state index >= 15 is 0 Å². The van der Waals surface area contributed by atoms with Crippen molar-refractivity contribution in [2.45, 2.75) is 19.4 Å². The summed E-state index contributed by atoms with van der Waals surface area (Å²) in [5, 5.41) is 2.83. The molecule has 2 rings (SSSR count). The summed E-state index contributed by atoms with van der Waals surface area (Å²) in [5.41, 5.74) is 3.33. The van der Waals surface area contributed by atoms with Crippen LogP contribution in [0.5, 0.6) is 0 Å². The van der Waals surface area contributed by atoms with Gasteiger partial charge < -0.3 is 23.5 Å². The van der Waals surface area contributed by atoms with Crippen LogP contribution in [0.1, 0.15) is 13.3 Å². The molecule has 0 aliphatic rings. The van der Waals surface area contributed by atoms with Crippen LogP contribution in [0.3, 0.4) is 0 Å². The van der Waals surface area contributed by atoms with E-state index in [-0.39, 0.29) is 22.9 Å². The molecule has 0 spiro atoms. The molecule has 0 atom stereocenters. The minimum absolute atomic E-state index is 0. The Morgan fingerprint density at radius 1 is 0.967 bits per heavy atom. The maximum Gasteiger partial charge on any atom is 0.500 e. The van der Waals surface area contributed by atoms with Crippen molar-refractivity contribution in [2.75, 3.05) is 38.1 Å². The molecule has 2 aromatic carbocycles. The molecule has 0 fully saturated rings. The van der Waals surface area contributed by atoms with Gasteiger partial charge in [0.15, 0.2) is 0 Å². The molecule has 6 nitrogen and oxygen atoms in total. The molecule has 0 aliphatic carbocycles. The zero-order valence-corrected chi connectivity index (χ0v) is 20.7. The van der Waals surface area contributed by atoms with Crippen LogP contribution in [-0.2, 0) is 18.1 Å². The van der Waals surface area contributed by atoms with Gasteiger partial charge in [0.2, 0.25) is 0 Å². The lowest BCUT2D eigenvalue weighted by Crippen LogP contribution is -2.43. The lowest BCUT2D eigenvalue weighted by molar-refractivity contribution is -0.112. The maximum absolute atomic E-state index is 11.8. The number of carbonyl (C=O) groups excluding carboxylic acids is 1. The SMILES string of the molecule is Br.C=C(C)C(=O)Nc1ccc(N(CCC[Si](OC)(OC)OC)c2ccccc2)cc1. The van der Waals surface area contributed by atoms with E-state index in [1.54, 1.807) is 28.3 Å². The van der Waals surface area contributed by atoms with Gasteiger partial charge in [0.05, 0.1) is 0 Å². The Bertz CT molecular complexity index is 790. The highest BCUT2D eigenvalue weighted by Crippen LogP contribution is 2.28. The van der Waals surface area contributed by atoms with E-state index < -0.39 is 8.80 Å². The third-order valence-corrected chi connectivity index (χ3v) is 7.52. The maximum atomic E-state index is 11.8. The first-order valence-electron chi connectivity index (χ1n) is 9.49. The van der Waals surface area contributed by atoms with Gasteiger partial charge in [-0.2, -0.15) is 0 Å². The van der Waals surface area contributed by atoms with Crippen LogP contribution >= 0.6 is 17.0 Å². The van der Waals surface area contributed by atoms with Crippen molar-refractivity contribution in [3.8, 4) is 0 Å². The molecule has 0 saturated carbocycles. The number of benzene rings is 2. The molecule has 1 N–H and O–H groups in total. The third-order valence-electron chi connectivity index (χ3n) is 4.69. The molecule has 0 saturated heterocycles. The van der Waals surface area contributed by atoms with Gasteiger partial charge >= 0.3 is 8.80 Å². The summed E-state index contributed by atoms with van der Waals surface area (Å²) in [5.74, 6) is -0.183. The van der Waals surface area contributed by atoms with Gasteiger partial charge in [-0.15, -0.1) is 17.0 Å². The second-order valence-electron chi connectivity index (χ2n) is 6.67. The summed E-state index contributed by atoms with van der Waals surface area (Å²) in [4.78, 5) is 14.0. The predicted molar refractivity (Wildman–Crippen MR) is 130 cm³/mol. The molecule has 1 amide bonds. The Morgan fingerprint density at radius 3 is 2.00 bits per heavy atom. The van der Waals surface area contributed by atoms with Crippen LogP contribution in [0, 0.1) is 0 Å². The standard InChI is InChI=1S/C22H30N2O4Si.BrH/c1-18(2)22(25)23-19-12-14-21(15-13-19)24(20-10-7-6-8-11-20)16-9-17-29(26-3,27-4)28-5;/h6-8,10-15H,1,9,16-17H2,2-5H3,(H,23,25);1H. The summed E-state index contributed by atoms with van der Waals surface area (Å²) < 4.78 is 16.6. The fraction of sp³-hybridized carbons (Fsp3) is 0.318. The normalized spacial score (nSPS) is 10.8. The minimum atomic E-state index is -2.61. The Morgan fingerprint density at radius 2 is 1.50 bits per heavy atom. The van der Waals surface area contributed by atoms with Crippen molar-refractivity contribution in [3.63, 3.8) is 0 Å². The number of hydrogen-bond donors (Lipinski definition) is 1. The average molecular weight is 495 g/mol. The number of carbonyl (C=O) groups is 1. The third kappa shape index (κ3) is 7.07. The van der Waals surface area contributed by atoms with E-state index in [1.807, 2.05) is 42.5 Å². The number of para-hydroxylation sites is 1. The van der Waals surface area contributed by atoms with Gasteiger partial charge in [0.1, 0.15) is 0 Å². The molecule has 164 valence electrons. The summed E-state index contributed by atoms with van der Waals surface area (Å²) in [6.45, 7) is 6.12. The number of nitrogens with one attached hydrogen (secondary N) is 1. The second kappa shape index (κ2) is 12.7. The summed E-state index contributed by atoms with van der Waals surface area (Å²) in [6.07, 6.45) is 0.838. The number of halogens is 1. The first-order chi connectivity index (χ1) is 13.9. The fourth-order valence-corrected chi connectivity index (χ4v) is 4.69. The number of nitrogens with zero attached hydrogens (tertiary/aromatic N) is 1. The zero-order valence-electron chi connectivity index (χ0n) is 18.0. The fourth-order valence-electron chi connectivity index (χ4n) is 2.99. The lowest BCUT2D eigenvalue weighted by atomic mass is 10.2. The molecule has 0 bridgehead atoms. The minimum Gasteiger partial charge on any atom is -0.377 e. The number of hydrogen-bond acceptors (Lipinski definition) is 5. The van der Waals surface area contributed by atoms with Gasteiger partial charge in [-0.05, 0) is 49.7 Å². The van der Waals surface area contributed by atoms with Gasteiger partial charge in [-0.25, -0.2) is 0 Å². The van der Waals surface area contributed by atoms with Crippen LogP contribution < -0.4 is 10.2 Å². The summed E-state index contributed by atoms with van der Waals surface area (Å²) in [6, 6.07) is 18.7. The smallest absolute Gasteiger partial charge is 0.377 e. The van der Waals surface area contributed by atoms with Gasteiger partial charge in [0, 0.05) is 56.6 Å². The summed E-state index contributed by atoms with van der Waals surface area (Å²) >= 11 is 0. The highest BCUT2D eigenvalue weighted by atomic mass is 79.9.